The minimum atomic E-state index is -3.83. The van der Waals surface area contributed by atoms with Crippen LogP contribution in [0, 0.1) is 0 Å². The van der Waals surface area contributed by atoms with Crippen LogP contribution in [0.3, 0.4) is 0 Å². The van der Waals surface area contributed by atoms with Gasteiger partial charge in [0.15, 0.2) is 0 Å². The van der Waals surface area contributed by atoms with Gasteiger partial charge in [-0.2, -0.15) is 5.10 Å². The van der Waals surface area contributed by atoms with E-state index in [1.165, 1.54) is 18.5 Å². The van der Waals surface area contributed by atoms with Crippen molar-refractivity contribution in [3.05, 3.63) is 47.1 Å². The fourth-order valence-corrected chi connectivity index (χ4v) is 2.95. The molecule has 1 unspecified atom stereocenters. The van der Waals surface area contributed by atoms with Gasteiger partial charge >= 0.3 is 0 Å². The molecule has 0 aliphatic carbocycles. The summed E-state index contributed by atoms with van der Waals surface area (Å²) in [6, 6.07) is 2.54. The first-order valence-electron chi connectivity index (χ1n) is 5.66. The summed E-state index contributed by atoms with van der Waals surface area (Å²) in [5.41, 5.74) is -0.544. The summed E-state index contributed by atoms with van der Waals surface area (Å²) in [6.07, 6.45) is 5.91. The highest BCUT2D eigenvalue weighted by Gasteiger charge is 2.20. The van der Waals surface area contributed by atoms with E-state index in [1.54, 1.807) is 30.1 Å². The molecule has 2 aromatic rings. The molecule has 1 atom stereocenters. The Balaban J connectivity index is 2.14. The second kappa shape index (κ2) is 5.37. The lowest BCUT2D eigenvalue weighted by Gasteiger charge is -2.13. The Morgan fingerprint density at radius 3 is 2.95 bits per heavy atom. The Morgan fingerprint density at radius 2 is 2.32 bits per heavy atom. The maximum Gasteiger partial charge on any atom is 0.246 e. The standard InChI is InChI=1S/C11H14N4O3S/c1-9(8-15-6-2-4-13-15)14-19(17,18)11-7-12-5-3-10(11)16/h2-7,9,14H,8H2,1H3,(H,12,16). The zero-order chi connectivity index (χ0) is 13.9. The third kappa shape index (κ3) is 3.30. The number of hydrogen-bond acceptors (Lipinski definition) is 4. The smallest absolute Gasteiger partial charge is 0.246 e. The number of nitrogens with one attached hydrogen (secondary N) is 2. The van der Waals surface area contributed by atoms with Crippen molar-refractivity contribution in [2.24, 2.45) is 0 Å². The summed E-state index contributed by atoms with van der Waals surface area (Å²) in [5.74, 6) is 0. The van der Waals surface area contributed by atoms with Gasteiger partial charge in [0.25, 0.3) is 0 Å². The van der Waals surface area contributed by atoms with Crippen LogP contribution in [0.15, 0.2) is 46.6 Å². The maximum atomic E-state index is 12.0. The number of rotatable bonds is 5. The van der Waals surface area contributed by atoms with Crippen LogP contribution in [0.2, 0.25) is 0 Å². The first-order valence-corrected chi connectivity index (χ1v) is 7.14. The van der Waals surface area contributed by atoms with E-state index in [0.29, 0.717) is 6.54 Å². The van der Waals surface area contributed by atoms with E-state index in [1.807, 2.05) is 0 Å². The summed E-state index contributed by atoms with van der Waals surface area (Å²) in [4.78, 5) is 13.8. The first-order chi connectivity index (χ1) is 8.99. The maximum absolute atomic E-state index is 12.0. The topological polar surface area (TPSA) is 96.8 Å². The highest BCUT2D eigenvalue weighted by molar-refractivity contribution is 7.89. The molecule has 19 heavy (non-hydrogen) atoms. The molecule has 0 amide bonds. The molecule has 2 aromatic heterocycles. The van der Waals surface area contributed by atoms with Crippen LogP contribution in [0.4, 0.5) is 0 Å². The van der Waals surface area contributed by atoms with Crippen LogP contribution < -0.4 is 10.2 Å². The van der Waals surface area contributed by atoms with E-state index < -0.39 is 15.5 Å². The number of aromatic nitrogens is 3. The van der Waals surface area contributed by atoms with E-state index in [4.69, 9.17) is 0 Å². The number of pyridine rings is 1. The van der Waals surface area contributed by atoms with E-state index in [2.05, 4.69) is 14.8 Å². The van der Waals surface area contributed by atoms with Crippen molar-refractivity contribution >= 4 is 10.0 Å². The van der Waals surface area contributed by atoms with Gasteiger partial charge in [-0.05, 0) is 13.0 Å². The van der Waals surface area contributed by atoms with Crippen molar-refractivity contribution in [3.63, 3.8) is 0 Å². The van der Waals surface area contributed by atoms with E-state index in [9.17, 15) is 13.2 Å². The predicted octanol–water partition coefficient (Wildman–Crippen LogP) is -0.0616. The Morgan fingerprint density at radius 1 is 1.53 bits per heavy atom. The van der Waals surface area contributed by atoms with Gasteiger partial charge in [0.05, 0.1) is 6.54 Å². The van der Waals surface area contributed by atoms with Crippen LogP contribution in [0.1, 0.15) is 6.92 Å². The third-order valence-corrected chi connectivity index (χ3v) is 4.06. The van der Waals surface area contributed by atoms with Crippen LogP contribution in [-0.4, -0.2) is 29.2 Å². The molecule has 2 rings (SSSR count). The Hall–Kier alpha value is -1.93. The molecule has 0 spiro atoms. The average molecular weight is 282 g/mol. The van der Waals surface area contributed by atoms with Gasteiger partial charge in [0.1, 0.15) is 4.90 Å². The molecule has 0 saturated carbocycles. The fraction of sp³-hybridized carbons (Fsp3) is 0.273. The zero-order valence-electron chi connectivity index (χ0n) is 10.3. The fourth-order valence-electron chi connectivity index (χ4n) is 1.67. The average Bonchev–Trinajstić information content (AvgIpc) is 2.81. The number of H-pyrrole nitrogens is 1. The molecular weight excluding hydrogens is 268 g/mol. The molecule has 8 heteroatoms. The van der Waals surface area contributed by atoms with Gasteiger partial charge in [-0.25, -0.2) is 13.1 Å². The van der Waals surface area contributed by atoms with Gasteiger partial charge in [0.2, 0.25) is 15.5 Å². The second-order valence-electron chi connectivity index (χ2n) is 4.12. The Labute approximate surface area is 110 Å². The van der Waals surface area contributed by atoms with Crippen LogP contribution in [0.25, 0.3) is 0 Å². The van der Waals surface area contributed by atoms with Gasteiger partial charge in [-0.1, -0.05) is 0 Å². The van der Waals surface area contributed by atoms with Crippen molar-refractivity contribution in [3.8, 4) is 0 Å². The predicted molar refractivity (Wildman–Crippen MR) is 69.1 cm³/mol. The number of nitrogens with zero attached hydrogens (tertiary/aromatic N) is 2. The van der Waals surface area contributed by atoms with Crippen molar-refractivity contribution < 1.29 is 8.42 Å². The largest absolute Gasteiger partial charge is 0.366 e. The van der Waals surface area contributed by atoms with Crippen molar-refractivity contribution in [2.75, 3.05) is 0 Å². The summed E-state index contributed by atoms with van der Waals surface area (Å²) in [5, 5.41) is 3.99. The minimum Gasteiger partial charge on any atom is -0.366 e. The highest BCUT2D eigenvalue weighted by atomic mass is 32.2. The van der Waals surface area contributed by atoms with Gasteiger partial charge < -0.3 is 4.98 Å². The van der Waals surface area contributed by atoms with Gasteiger partial charge in [-0.15, -0.1) is 0 Å². The number of aromatic amines is 1. The summed E-state index contributed by atoms with van der Waals surface area (Å²) < 4.78 is 28.1. The number of sulfonamides is 1. The van der Waals surface area contributed by atoms with Crippen molar-refractivity contribution in [1.29, 1.82) is 0 Å². The summed E-state index contributed by atoms with van der Waals surface area (Å²) >= 11 is 0. The summed E-state index contributed by atoms with van der Waals surface area (Å²) in [6.45, 7) is 2.09. The molecule has 0 aromatic carbocycles. The highest BCUT2D eigenvalue weighted by Crippen LogP contribution is 2.02. The lowest BCUT2D eigenvalue weighted by Crippen LogP contribution is -2.37. The monoisotopic (exact) mass is 282 g/mol. The van der Waals surface area contributed by atoms with Gasteiger partial charge in [0, 0.05) is 36.9 Å². The minimum absolute atomic E-state index is 0.290. The number of hydrogen-bond donors (Lipinski definition) is 2. The lowest BCUT2D eigenvalue weighted by atomic mass is 10.4. The van der Waals surface area contributed by atoms with E-state index in [-0.39, 0.29) is 10.9 Å². The van der Waals surface area contributed by atoms with E-state index >= 15 is 0 Å². The normalized spacial score (nSPS) is 13.3. The van der Waals surface area contributed by atoms with Crippen molar-refractivity contribution in [1.82, 2.24) is 19.5 Å². The molecule has 0 bridgehead atoms. The second-order valence-corrected chi connectivity index (χ2v) is 5.81. The molecule has 0 fully saturated rings. The molecule has 0 saturated heterocycles. The molecule has 2 heterocycles. The van der Waals surface area contributed by atoms with Gasteiger partial charge in [-0.3, -0.25) is 9.48 Å². The first kappa shape index (κ1) is 13.5. The van der Waals surface area contributed by atoms with E-state index in [0.717, 1.165) is 0 Å². The van der Waals surface area contributed by atoms with Crippen LogP contribution in [-0.2, 0) is 16.6 Å². The SMILES string of the molecule is CC(Cn1cccn1)NS(=O)(=O)c1c[nH]ccc1=O. The third-order valence-electron chi connectivity index (χ3n) is 2.45. The molecule has 102 valence electrons. The molecule has 0 aliphatic rings. The molecule has 7 nitrogen and oxygen atoms in total. The zero-order valence-corrected chi connectivity index (χ0v) is 11.1. The van der Waals surface area contributed by atoms with Crippen LogP contribution >= 0.6 is 0 Å². The molecular formula is C11H14N4O3S. The summed E-state index contributed by atoms with van der Waals surface area (Å²) in [7, 11) is -3.83. The molecule has 0 aliphatic heterocycles. The quantitative estimate of drug-likeness (QED) is 0.802. The lowest BCUT2D eigenvalue weighted by molar-refractivity contribution is 0.493. The van der Waals surface area contributed by atoms with Crippen LogP contribution in [0.5, 0.6) is 0 Å². The molecule has 0 radical (unpaired) electrons. The Kier molecular flexibility index (Phi) is 3.82. The van der Waals surface area contributed by atoms with Crippen molar-refractivity contribution in [2.45, 2.75) is 24.4 Å². The Bertz CT molecular complexity index is 691. The molecule has 2 N–H and O–H groups in total.